The van der Waals surface area contributed by atoms with Gasteiger partial charge in [0.2, 0.25) is 0 Å². The summed E-state index contributed by atoms with van der Waals surface area (Å²) in [6.07, 6.45) is 2.40. The lowest BCUT2D eigenvalue weighted by Gasteiger charge is -2.06. The van der Waals surface area contributed by atoms with Crippen molar-refractivity contribution in [1.82, 2.24) is 4.98 Å². The summed E-state index contributed by atoms with van der Waals surface area (Å²) in [6.45, 7) is 2.00. The highest BCUT2D eigenvalue weighted by Gasteiger charge is 2.25. The Morgan fingerprint density at radius 2 is 2.06 bits per heavy atom. The summed E-state index contributed by atoms with van der Waals surface area (Å²) < 4.78 is 0.974. The number of halogens is 1. The van der Waals surface area contributed by atoms with Crippen LogP contribution >= 0.6 is 15.9 Å². The molecule has 1 N–H and O–H groups in total. The third-order valence-electron chi connectivity index (χ3n) is 3.07. The van der Waals surface area contributed by atoms with Crippen LogP contribution in [0.4, 0.5) is 0 Å². The van der Waals surface area contributed by atoms with Gasteiger partial charge in [-0.25, -0.2) is 0 Å². The van der Waals surface area contributed by atoms with Crippen LogP contribution in [0.3, 0.4) is 0 Å². The molecule has 1 fully saturated rings. The third kappa shape index (κ3) is 1.59. The average Bonchev–Trinajstić information content (AvgIpc) is 3.02. The normalized spacial score (nSPS) is 15.6. The van der Waals surface area contributed by atoms with Crippen molar-refractivity contribution in [1.29, 1.82) is 0 Å². The molecule has 0 aliphatic heterocycles. The van der Waals surface area contributed by atoms with Gasteiger partial charge in [-0.05, 0) is 59.3 Å². The van der Waals surface area contributed by atoms with Gasteiger partial charge in [-0.3, -0.25) is 4.79 Å². The lowest BCUT2D eigenvalue weighted by atomic mass is 10.1. The number of nitrogens with one attached hydrogen (secondary N) is 1. The van der Waals surface area contributed by atoms with Crippen molar-refractivity contribution >= 4 is 26.8 Å². The van der Waals surface area contributed by atoms with E-state index in [0.29, 0.717) is 5.92 Å². The molecule has 0 bridgehead atoms. The van der Waals surface area contributed by atoms with Crippen molar-refractivity contribution in [2.24, 2.45) is 0 Å². The van der Waals surface area contributed by atoms with Gasteiger partial charge < -0.3 is 4.98 Å². The molecule has 16 heavy (non-hydrogen) atoms. The van der Waals surface area contributed by atoms with E-state index in [9.17, 15) is 4.79 Å². The molecule has 1 heterocycles. The molecule has 1 aliphatic carbocycles. The number of pyridine rings is 1. The predicted octanol–water partition coefficient (Wildman–Crippen LogP) is 3.48. The van der Waals surface area contributed by atoms with E-state index < -0.39 is 0 Å². The number of aryl methyl sites for hydroxylation is 1. The Hall–Kier alpha value is -1.09. The van der Waals surface area contributed by atoms with Crippen LogP contribution in [0.2, 0.25) is 0 Å². The minimum atomic E-state index is 0.125. The highest BCUT2D eigenvalue weighted by atomic mass is 79.9. The molecule has 2 nitrogen and oxygen atoms in total. The second-order valence-electron chi connectivity index (χ2n) is 4.53. The molecule has 0 saturated heterocycles. The van der Waals surface area contributed by atoms with Crippen molar-refractivity contribution in [3.05, 3.63) is 44.2 Å². The van der Waals surface area contributed by atoms with Gasteiger partial charge in [0, 0.05) is 21.6 Å². The molecule has 0 spiro atoms. The summed E-state index contributed by atoms with van der Waals surface area (Å²) in [5.41, 5.74) is 3.24. The van der Waals surface area contributed by atoms with Crippen molar-refractivity contribution in [3.63, 3.8) is 0 Å². The van der Waals surface area contributed by atoms with Crippen LogP contribution in [0.25, 0.3) is 10.9 Å². The van der Waals surface area contributed by atoms with Crippen molar-refractivity contribution < 1.29 is 0 Å². The molecule has 82 valence electrons. The number of aromatic nitrogens is 1. The van der Waals surface area contributed by atoms with Gasteiger partial charge in [0.05, 0.1) is 5.52 Å². The first-order valence-electron chi connectivity index (χ1n) is 5.48. The standard InChI is InChI=1S/C13H12BrNO/c1-7-4-9-12(16)6-11(8-2-3-8)15-13(9)10(14)5-7/h4-6,8H,2-3H2,1H3,(H,15,16). The Morgan fingerprint density at radius 3 is 2.75 bits per heavy atom. The Labute approximate surface area is 102 Å². The van der Waals surface area contributed by atoms with E-state index >= 15 is 0 Å². The number of hydrogen-bond acceptors (Lipinski definition) is 1. The van der Waals surface area contributed by atoms with E-state index in [1.807, 2.05) is 19.1 Å². The van der Waals surface area contributed by atoms with Crippen molar-refractivity contribution in [2.45, 2.75) is 25.7 Å². The molecule has 3 rings (SSSR count). The Bertz CT molecular complexity index is 626. The molecule has 0 amide bonds. The van der Waals surface area contributed by atoms with Crippen molar-refractivity contribution in [3.8, 4) is 0 Å². The Balaban J connectivity index is 2.37. The predicted molar refractivity (Wildman–Crippen MR) is 69.0 cm³/mol. The first-order chi connectivity index (χ1) is 7.65. The van der Waals surface area contributed by atoms with Crippen LogP contribution in [0, 0.1) is 6.92 Å². The van der Waals surface area contributed by atoms with E-state index in [1.54, 1.807) is 6.07 Å². The molecular weight excluding hydrogens is 266 g/mol. The molecule has 0 atom stereocenters. The summed E-state index contributed by atoms with van der Waals surface area (Å²) in [5.74, 6) is 0.574. The molecular formula is C13H12BrNO. The number of H-pyrrole nitrogens is 1. The molecule has 3 heteroatoms. The van der Waals surface area contributed by atoms with Gasteiger partial charge in [0.1, 0.15) is 0 Å². The van der Waals surface area contributed by atoms with E-state index in [-0.39, 0.29) is 5.43 Å². The first kappa shape index (κ1) is 10.1. The van der Waals surface area contributed by atoms with E-state index in [1.165, 1.54) is 12.8 Å². The quantitative estimate of drug-likeness (QED) is 0.851. The minimum absolute atomic E-state index is 0.125. The Morgan fingerprint density at radius 1 is 1.31 bits per heavy atom. The van der Waals surface area contributed by atoms with Gasteiger partial charge in [-0.2, -0.15) is 0 Å². The fraction of sp³-hybridized carbons (Fsp3) is 0.308. The van der Waals surface area contributed by atoms with Crippen LogP contribution in [0.1, 0.15) is 30.0 Å². The number of benzene rings is 1. The lowest BCUT2D eigenvalue weighted by molar-refractivity contribution is 1.04. The topological polar surface area (TPSA) is 32.9 Å². The van der Waals surface area contributed by atoms with E-state index in [2.05, 4.69) is 20.9 Å². The minimum Gasteiger partial charge on any atom is -0.357 e. The number of rotatable bonds is 1. The van der Waals surface area contributed by atoms with Crippen LogP contribution in [-0.2, 0) is 0 Å². The van der Waals surface area contributed by atoms with Gasteiger partial charge in [0.15, 0.2) is 5.43 Å². The smallest absolute Gasteiger partial charge is 0.189 e. The summed E-state index contributed by atoms with van der Waals surface area (Å²) in [7, 11) is 0. The maximum Gasteiger partial charge on any atom is 0.189 e. The zero-order chi connectivity index (χ0) is 11.3. The van der Waals surface area contributed by atoms with Gasteiger partial charge in [-0.15, -0.1) is 0 Å². The SMILES string of the molecule is Cc1cc(Br)c2[nH]c(C3CC3)cc(=O)c2c1. The first-order valence-corrected chi connectivity index (χ1v) is 6.27. The summed E-state index contributed by atoms with van der Waals surface area (Å²) in [4.78, 5) is 15.4. The molecule has 1 aromatic heterocycles. The number of hydrogen-bond donors (Lipinski definition) is 1. The van der Waals surface area contributed by atoms with Gasteiger partial charge in [-0.1, -0.05) is 0 Å². The maximum absolute atomic E-state index is 12.0. The fourth-order valence-electron chi connectivity index (χ4n) is 2.08. The maximum atomic E-state index is 12.0. The van der Waals surface area contributed by atoms with Crippen molar-refractivity contribution in [2.75, 3.05) is 0 Å². The van der Waals surface area contributed by atoms with Gasteiger partial charge >= 0.3 is 0 Å². The number of aromatic amines is 1. The highest BCUT2D eigenvalue weighted by molar-refractivity contribution is 9.10. The summed E-state index contributed by atoms with van der Waals surface area (Å²) >= 11 is 3.52. The van der Waals surface area contributed by atoms with Crippen LogP contribution in [-0.4, -0.2) is 4.98 Å². The monoisotopic (exact) mass is 277 g/mol. The summed E-state index contributed by atoms with van der Waals surface area (Å²) in [5, 5.41) is 0.774. The zero-order valence-corrected chi connectivity index (χ0v) is 10.6. The second kappa shape index (κ2) is 3.45. The molecule has 0 radical (unpaired) electrons. The fourth-order valence-corrected chi connectivity index (χ4v) is 2.75. The molecule has 0 unspecified atom stereocenters. The van der Waals surface area contributed by atoms with E-state index in [0.717, 1.165) is 26.6 Å². The molecule has 1 aromatic carbocycles. The average molecular weight is 278 g/mol. The van der Waals surface area contributed by atoms with E-state index in [4.69, 9.17) is 0 Å². The summed E-state index contributed by atoms with van der Waals surface area (Å²) in [6, 6.07) is 5.73. The Kier molecular flexibility index (Phi) is 2.18. The zero-order valence-electron chi connectivity index (χ0n) is 9.01. The lowest BCUT2D eigenvalue weighted by Crippen LogP contribution is -2.05. The number of fused-ring (bicyclic) bond motifs is 1. The van der Waals surface area contributed by atoms with Crippen LogP contribution < -0.4 is 5.43 Å². The second-order valence-corrected chi connectivity index (χ2v) is 5.39. The molecule has 1 saturated carbocycles. The van der Waals surface area contributed by atoms with Crippen LogP contribution in [0.5, 0.6) is 0 Å². The van der Waals surface area contributed by atoms with Gasteiger partial charge in [0.25, 0.3) is 0 Å². The molecule has 2 aromatic rings. The third-order valence-corrected chi connectivity index (χ3v) is 3.70. The van der Waals surface area contributed by atoms with Crippen LogP contribution in [0.15, 0.2) is 27.5 Å². The largest absolute Gasteiger partial charge is 0.357 e. The molecule has 1 aliphatic rings. The highest BCUT2D eigenvalue weighted by Crippen LogP contribution is 2.39.